The number of aliphatic hydroxyl groups excluding tert-OH is 3. The van der Waals surface area contributed by atoms with Crippen LogP contribution >= 0.6 is 12.2 Å². The number of carbonyl (C=O) groups is 2. The maximum absolute atomic E-state index is 13.5. The molecule has 4 aliphatic rings. The van der Waals surface area contributed by atoms with Crippen molar-refractivity contribution in [2.45, 2.75) is 69.9 Å². The van der Waals surface area contributed by atoms with Gasteiger partial charge in [-0.2, -0.15) is 0 Å². The van der Waals surface area contributed by atoms with E-state index in [-0.39, 0.29) is 91.6 Å². The molecule has 3 aromatic rings. The predicted octanol–water partition coefficient (Wildman–Crippen LogP) is 4.46. The zero-order valence-corrected chi connectivity index (χ0v) is 45.1. The maximum Gasteiger partial charge on any atom is 0.245 e. The molecule has 9 N–H and O–H groups in total. The van der Waals surface area contributed by atoms with Crippen molar-refractivity contribution in [1.29, 1.82) is 0 Å². The normalized spacial score (nSPS) is 21.6. The second-order valence-electron chi connectivity index (χ2n) is 19.3. The van der Waals surface area contributed by atoms with Crippen molar-refractivity contribution < 1.29 is 75.6 Å². The number of rotatable bonds is 27. The average molecular weight is 1130 g/mol. The van der Waals surface area contributed by atoms with Crippen LogP contribution in [0.1, 0.15) is 56.4 Å². The first-order valence-electron chi connectivity index (χ1n) is 26.0. The molecule has 0 spiro atoms. The summed E-state index contributed by atoms with van der Waals surface area (Å²) in [6, 6.07) is 23.9. The lowest BCUT2D eigenvalue weighted by Crippen LogP contribution is -2.55. The summed E-state index contributed by atoms with van der Waals surface area (Å²) in [4.78, 5) is 38.1. The Morgan fingerprint density at radius 2 is 1.62 bits per heavy atom. The van der Waals surface area contributed by atoms with Crippen LogP contribution in [0.25, 0.3) is 39.5 Å². The molecule has 426 valence electrons. The van der Waals surface area contributed by atoms with Gasteiger partial charge < -0.3 is 74.7 Å². The fraction of sp³-hybridized carbons (Fsp3) is 0.429. The van der Waals surface area contributed by atoms with Crippen LogP contribution in [0.5, 0.6) is 5.75 Å². The van der Waals surface area contributed by atoms with Crippen molar-refractivity contribution in [2.24, 2.45) is 23.7 Å². The van der Waals surface area contributed by atoms with Crippen LogP contribution in [0.15, 0.2) is 112 Å². The molecule has 1 saturated carbocycles. The van der Waals surface area contributed by atoms with Gasteiger partial charge >= 0.3 is 0 Å². The smallest absolute Gasteiger partial charge is 0.245 e. The number of carbonyl (C=O) groups excluding carboxylic acids is 2. The maximum atomic E-state index is 13.5. The first kappa shape index (κ1) is 60.5. The Bertz CT molecular complexity index is 3030. The molecule has 8 unspecified atom stereocenters. The number of amides is 2. The number of aliphatic hydroxyl groups is 4. The largest absolute Gasteiger partial charge is 0.726 e. The lowest BCUT2D eigenvalue weighted by atomic mass is 9.90. The molecule has 21 nitrogen and oxygen atoms in total. The zero-order valence-electron chi connectivity index (χ0n) is 43.4. The number of thiocarbonyl (C=S) groups is 1. The van der Waals surface area contributed by atoms with Gasteiger partial charge in [0, 0.05) is 71.4 Å². The number of hydrogen-bond donors (Lipinski definition) is 9. The minimum Gasteiger partial charge on any atom is -0.726 e. The summed E-state index contributed by atoms with van der Waals surface area (Å²) < 4.78 is 65.4. The molecule has 0 bridgehead atoms. The van der Waals surface area contributed by atoms with E-state index in [1.54, 1.807) is 30.3 Å². The molecule has 7 rings (SSSR count). The molecular weight excluding hydrogens is 1060 g/mol. The summed E-state index contributed by atoms with van der Waals surface area (Å²) in [5.41, 5.74) is 3.44. The lowest BCUT2D eigenvalue weighted by molar-refractivity contribution is -0.285. The Balaban J connectivity index is 0.767. The second kappa shape index (κ2) is 29.3. The number of phenolic OH excluding ortho intramolecular Hbond substituents is 1. The summed E-state index contributed by atoms with van der Waals surface area (Å²) in [5, 5.41) is 65.0. The number of ether oxygens (including phenoxy) is 4. The van der Waals surface area contributed by atoms with E-state index in [1.165, 1.54) is 31.2 Å². The first-order chi connectivity index (χ1) is 37.9. The minimum absolute atomic E-state index is 0.0303. The third-order valence-corrected chi connectivity index (χ3v) is 14.3. The Hall–Kier alpha value is -6.19. The van der Waals surface area contributed by atoms with E-state index in [1.807, 2.05) is 48.6 Å². The number of anilines is 1. The first-order valence-corrected chi connectivity index (χ1v) is 27.8. The van der Waals surface area contributed by atoms with Crippen molar-refractivity contribution >= 4 is 62.3 Å². The van der Waals surface area contributed by atoms with Crippen molar-refractivity contribution in [3.8, 4) is 28.2 Å². The van der Waals surface area contributed by atoms with Crippen LogP contribution in [0.3, 0.4) is 0 Å². The number of phenols is 1. The molecule has 2 aliphatic carbocycles. The molecule has 79 heavy (non-hydrogen) atoms. The Morgan fingerprint density at radius 1 is 0.861 bits per heavy atom. The van der Waals surface area contributed by atoms with E-state index < -0.39 is 53.8 Å². The van der Waals surface area contributed by atoms with Crippen LogP contribution in [-0.2, 0) is 43.1 Å². The minimum atomic E-state index is -5.04. The molecule has 8 atom stereocenters. The zero-order chi connectivity index (χ0) is 56.5. The van der Waals surface area contributed by atoms with Crippen LogP contribution in [0.2, 0.25) is 0 Å². The van der Waals surface area contributed by atoms with E-state index >= 15 is 0 Å². The van der Waals surface area contributed by atoms with Gasteiger partial charge in [0.1, 0.15) is 35.9 Å². The van der Waals surface area contributed by atoms with Gasteiger partial charge in [-0.1, -0.05) is 67.6 Å². The SMILES string of the molecule is CC1C(O)C(COS(=O)(=O)[O-])OC(OCCNC(=O)C2CC(C=Cc3ccccc3)CC2C=CCOCCOCC(=O)NCCCCCNC(=S)Nc2ccc(-c3c4ccc(=O)cc-4oc4cc(O)ccc34)c(C(O)O)c2)C1O. The van der Waals surface area contributed by atoms with Crippen molar-refractivity contribution in [3.05, 3.63) is 125 Å². The highest BCUT2D eigenvalue weighted by atomic mass is 32.3. The third kappa shape index (κ3) is 17.9. The summed E-state index contributed by atoms with van der Waals surface area (Å²) in [6.45, 7) is 2.36. The quantitative estimate of drug-likeness (QED) is 0.00666. The van der Waals surface area contributed by atoms with Gasteiger partial charge in [0.15, 0.2) is 23.1 Å². The Morgan fingerprint density at radius 3 is 2.39 bits per heavy atom. The average Bonchev–Trinajstić information content (AvgIpc) is 3.98. The molecule has 1 saturated heterocycles. The van der Waals surface area contributed by atoms with E-state index in [4.69, 9.17) is 35.6 Å². The fourth-order valence-electron chi connectivity index (χ4n) is 9.60. The summed E-state index contributed by atoms with van der Waals surface area (Å²) >= 11 is 5.50. The van der Waals surface area contributed by atoms with E-state index in [2.05, 4.69) is 31.5 Å². The predicted molar refractivity (Wildman–Crippen MR) is 295 cm³/mol. The highest BCUT2D eigenvalue weighted by Gasteiger charge is 2.43. The molecule has 2 heterocycles. The number of aromatic hydroxyl groups is 1. The lowest BCUT2D eigenvalue weighted by Gasteiger charge is -2.41. The van der Waals surface area contributed by atoms with Gasteiger partial charge in [-0.15, -0.1) is 0 Å². The molecule has 0 aromatic heterocycles. The Kier molecular flexibility index (Phi) is 22.4. The number of allylic oxidation sites excluding steroid dienone is 2. The van der Waals surface area contributed by atoms with Crippen LogP contribution in [0.4, 0.5) is 5.69 Å². The topological polar surface area (TPSA) is 317 Å². The van der Waals surface area contributed by atoms with E-state index in [0.29, 0.717) is 58.0 Å². The van der Waals surface area contributed by atoms with Gasteiger partial charge in [0.25, 0.3) is 0 Å². The molecular formula is C56H67N4O17S2-. The van der Waals surface area contributed by atoms with Crippen molar-refractivity contribution in [2.75, 3.05) is 64.6 Å². The molecule has 0 radical (unpaired) electrons. The monoisotopic (exact) mass is 1130 g/mol. The number of nitrogens with one attached hydrogen (secondary N) is 4. The second-order valence-corrected chi connectivity index (χ2v) is 20.8. The van der Waals surface area contributed by atoms with Crippen LogP contribution < -0.4 is 26.7 Å². The summed E-state index contributed by atoms with van der Waals surface area (Å²) in [7, 11) is -5.04. The summed E-state index contributed by atoms with van der Waals surface area (Å²) in [6.07, 6.45) is 4.64. The third-order valence-electron chi connectivity index (χ3n) is 13.6. The molecule has 23 heteroatoms. The van der Waals surface area contributed by atoms with E-state index in [9.17, 15) is 52.9 Å². The van der Waals surface area contributed by atoms with Gasteiger partial charge in [-0.3, -0.25) is 18.6 Å². The molecule has 2 aliphatic heterocycles. The van der Waals surface area contributed by atoms with Gasteiger partial charge in [0.05, 0.1) is 39.1 Å². The standard InChI is InChI=1S/C56H68N4O17S2/c1-34-51(64)48(32-75-79(69,70)71)77-55(52(34)65)74-24-22-58-53(66)44-28-36(13-12-35-9-4-2-5-10-35)27-37(44)11-8-23-72-25-26-73-33-49(63)57-20-6-3-7-21-59-56(78)60-38-14-17-41(45(29-38)54(67)68)50-42-18-15-39(61)30-46(42)76-47-31-40(62)16-19-43(47)50/h2,4-5,8-19,29-31,34,36-37,44,48,51-52,54-55,61,64-65,67-68H,3,6-7,20-28,32-33H2,1H3,(H,57,63)(H,58,66)(H2,59,60,78)(H,69,70,71)/p-1. The van der Waals surface area contributed by atoms with E-state index in [0.717, 1.165) is 31.2 Å². The van der Waals surface area contributed by atoms with Gasteiger partial charge in [-0.05, 0) is 104 Å². The Labute approximate surface area is 462 Å². The number of benzene rings is 4. The fourth-order valence-corrected chi connectivity index (χ4v) is 10.1. The highest BCUT2D eigenvalue weighted by molar-refractivity contribution is 7.80. The van der Waals surface area contributed by atoms with Crippen molar-refractivity contribution in [1.82, 2.24) is 16.0 Å². The molecule has 2 fully saturated rings. The molecule has 2 amide bonds. The van der Waals surface area contributed by atoms with Gasteiger partial charge in [0.2, 0.25) is 22.2 Å². The van der Waals surface area contributed by atoms with Gasteiger partial charge in [-0.25, -0.2) is 8.42 Å². The number of fused-ring (bicyclic) bond motifs is 2. The number of hydrogen-bond acceptors (Lipinski definition) is 18. The molecule has 3 aromatic carbocycles. The number of unbranched alkanes of at least 4 members (excludes halogenated alkanes) is 2. The highest BCUT2D eigenvalue weighted by Crippen LogP contribution is 2.44. The summed E-state index contributed by atoms with van der Waals surface area (Å²) in [5.74, 6) is -1.32. The van der Waals surface area contributed by atoms with Crippen LogP contribution in [0, 0.1) is 23.7 Å². The van der Waals surface area contributed by atoms with Crippen molar-refractivity contribution in [3.63, 3.8) is 0 Å². The van der Waals surface area contributed by atoms with Crippen LogP contribution in [-0.4, -0.2) is 139 Å².